The highest BCUT2D eigenvalue weighted by Crippen LogP contribution is 2.42. The van der Waals surface area contributed by atoms with E-state index >= 15 is 0 Å². The summed E-state index contributed by atoms with van der Waals surface area (Å²) in [4.78, 5) is 34.8. The summed E-state index contributed by atoms with van der Waals surface area (Å²) in [6.07, 6.45) is 4.00. The van der Waals surface area contributed by atoms with Crippen molar-refractivity contribution in [1.82, 2.24) is 9.97 Å². The van der Waals surface area contributed by atoms with Gasteiger partial charge in [-0.05, 0) is 49.2 Å². The molecule has 152 valence electrons. The number of anilines is 1. The number of Topliss-reactive ketones (excluding diaryl/α,β-unsaturated/α-hetero) is 1. The molecule has 0 fully saturated rings. The molecule has 6 heteroatoms. The highest BCUT2D eigenvalue weighted by molar-refractivity contribution is 6.19. The summed E-state index contributed by atoms with van der Waals surface area (Å²) in [5.41, 5.74) is 3.93. The second-order valence-corrected chi connectivity index (χ2v) is 7.19. The lowest BCUT2D eigenvalue weighted by atomic mass is 9.94. The van der Waals surface area contributed by atoms with E-state index in [1.807, 2.05) is 49.4 Å². The van der Waals surface area contributed by atoms with E-state index in [4.69, 9.17) is 4.74 Å². The largest absolute Gasteiger partial charge is 0.494 e. The van der Waals surface area contributed by atoms with Crippen molar-refractivity contribution in [3.05, 3.63) is 78.2 Å². The smallest absolute Gasteiger partial charge is 0.259 e. The van der Waals surface area contributed by atoms with Crippen LogP contribution in [0.1, 0.15) is 31.9 Å². The van der Waals surface area contributed by atoms with Crippen LogP contribution in [0.2, 0.25) is 0 Å². The van der Waals surface area contributed by atoms with Gasteiger partial charge in [-0.1, -0.05) is 31.7 Å². The number of fused-ring (bicyclic) bond motifs is 1. The van der Waals surface area contributed by atoms with Gasteiger partial charge in [0.15, 0.2) is 5.78 Å². The molecule has 1 atom stereocenters. The Morgan fingerprint density at radius 2 is 2.03 bits per heavy atom. The standard InChI is InChI=1S/C24H23N3O3/c1-4-12-30-18-9-6-16(7-10-18)23-22(15(3)28)19(5-2)24(29)27(23)17-8-11-20-21(13-17)26-14-25-20/h5-11,13-14,23H,2,4,12H2,1,3H3,(H,25,26). The van der Waals surface area contributed by atoms with Gasteiger partial charge in [-0.2, -0.15) is 0 Å². The summed E-state index contributed by atoms with van der Waals surface area (Å²) in [5.74, 6) is 0.359. The van der Waals surface area contributed by atoms with E-state index < -0.39 is 6.04 Å². The highest BCUT2D eigenvalue weighted by atomic mass is 16.5. The summed E-state index contributed by atoms with van der Waals surface area (Å²) in [6, 6.07) is 12.6. The minimum Gasteiger partial charge on any atom is -0.494 e. The first-order chi connectivity index (χ1) is 14.5. The lowest BCUT2D eigenvalue weighted by Crippen LogP contribution is -2.30. The van der Waals surface area contributed by atoms with Crippen molar-refractivity contribution >= 4 is 28.4 Å². The first-order valence-corrected chi connectivity index (χ1v) is 9.92. The maximum Gasteiger partial charge on any atom is 0.259 e. The van der Waals surface area contributed by atoms with Crippen molar-refractivity contribution in [3.63, 3.8) is 0 Å². The molecule has 1 unspecified atom stereocenters. The summed E-state index contributed by atoms with van der Waals surface area (Å²) < 4.78 is 5.67. The number of nitrogens with zero attached hydrogens (tertiary/aromatic N) is 2. The Bertz CT molecular complexity index is 1160. The molecule has 6 nitrogen and oxygen atoms in total. The molecule has 1 amide bonds. The van der Waals surface area contributed by atoms with E-state index in [-0.39, 0.29) is 11.7 Å². The molecule has 30 heavy (non-hydrogen) atoms. The number of amides is 1. The average Bonchev–Trinajstić information content (AvgIpc) is 3.33. The minimum atomic E-state index is -0.538. The number of aromatic amines is 1. The van der Waals surface area contributed by atoms with Gasteiger partial charge in [-0.15, -0.1) is 0 Å². The summed E-state index contributed by atoms with van der Waals surface area (Å²) in [6.45, 7) is 7.95. The third kappa shape index (κ3) is 3.30. The van der Waals surface area contributed by atoms with E-state index in [1.54, 1.807) is 11.2 Å². The highest BCUT2D eigenvalue weighted by Gasteiger charge is 2.41. The van der Waals surface area contributed by atoms with Gasteiger partial charge in [0.1, 0.15) is 5.75 Å². The molecule has 3 aromatic rings. The Morgan fingerprint density at radius 3 is 2.70 bits per heavy atom. The molecule has 0 aliphatic carbocycles. The van der Waals surface area contributed by atoms with Crippen molar-refractivity contribution < 1.29 is 14.3 Å². The quantitative estimate of drug-likeness (QED) is 0.632. The van der Waals surface area contributed by atoms with Crippen LogP contribution < -0.4 is 9.64 Å². The zero-order chi connectivity index (χ0) is 21.3. The normalized spacial score (nSPS) is 16.4. The van der Waals surface area contributed by atoms with Gasteiger partial charge in [0, 0.05) is 16.8 Å². The number of ketones is 1. The van der Waals surface area contributed by atoms with Crippen LogP contribution in [0.15, 0.2) is 72.6 Å². The van der Waals surface area contributed by atoms with Crippen molar-refractivity contribution in [2.45, 2.75) is 26.3 Å². The number of H-pyrrole nitrogens is 1. The Kier molecular flexibility index (Phi) is 5.23. The lowest BCUT2D eigenvalue weighted by molar-refractivity contribution is -0.115. The van der Waals surface area contributed by atoms with Gasteiger partial charge in [0.25, 0.3) is 5.91 Å². The molecule has 1 aliphatic heterocycles. The van der Waals surface area contributed by atoms with Crippen molar-refractivity contribution in [2.24, 2.45) is 0 Å². The molecule has 2 heterocycles. The second kappa shape index (κ2) is 7.99. The Balaban J connectivity index is 1.82. The van der Waals surface area contributed by atoms with E-state index in [9.17, 15) is 9.59 Å². The van der Waals surface area contributed by atoms with Crippen LogP contribution in [0.25, 0.3) is 11.0 Å². The number of benzene rings is 2. The van der Waals surface area contributed by atoms with Crippen LogP contribution in [-0.4, -0.2) is 28.3 Å². The number of aromatic nitrogens is 2. The number of nitrogens with one attached hydrogen (secondary N) is 1. The van der Waals surface area contributed by atoms with Gasteiger partial charge in [-0.25, -0.2) is 4.98 Å². The van der Waals surface area contributed by atoms with Gasteiger partial charge < -0.3 is 9.72 Å². The van der Waals surface area contributed by atoms with Crippen molar-refractivity contribution in [2.75, 3.05) is 11.5 Å². The second-order valence-electron chi connectivity index (χ2n) is 7.19. The molecule has 1 aromatic heterocycles. The van der Waals surface area contributed by atoms with E-state index in [2.05, 4.69) is 16.5 Å². The number of ether oxygens (including phenoxy) is 1. The average molecular weight is 401 g/mol. The van der Waals surface area contributed by atoms with Crippen LogP contribution in [0, 0.1) is 0 Å². The van der Waals surface area contributed by atoms with E-state index in [0.29, 0.717) is 23.4 Å². The van der Waals surface area contributed by atoms with Crippen LogP contribution in [-0.2, 0) is 9.59 Å². The topological polar surface area (TPSA) is 75.3 Å². The zero-order valence-electron chi connectivity index (χ0n) is 17.0. The summed E-state index contributed by atoms with van der Waals surface area (Å²) >= 11 is 0. The molecule has 0 spiro atoms. The minimum absolute atomic E-state index is 0.153. The molecule has 1 aliphatic rings. The Morgan fingerprint density at radius 1 is 1.27 bits per heavy atom. The molecule has 2 aromatic carbocycles. The maximum absolute atomic E-state index is 13.3. The molecule has 0 saturated heterocycles. The van der Waals surface area contributed by atoms with Gasteiger partial charge in [0.2, 0.25) is 0 Å². The van der Waals surface area contributed by atoms with Gasteiger partial charge >= 0.3 is 0 Å². The van der Waals surface area contributed by atoms with Crippen molar-refractivity contribution in [1.29, 1.82) is 0 Å². The Hall–Kier alpha value is -3.67. The summed E-state index contributed by atoms with van der Waals surface area (Å²) in [5, 5.41) is 0. The number of rotatable bonds is 7. The van der Waals surface area contributed by atoms with Crippen LogP contribution >= 0.6 is 0 Å². The number of imidazole rings is 1. The third-order valence-electron chi connectivity index (χ3n) is 5.21. The molecule has 4 rings (SSSR count). The fourth-order valence-corrected chi connectivity index (χ4v) is 3.84. The van der Waals surface area contributed by atoms with Gasteiger partial charge in [0.05, 0.1) is 30.0 Å². The summed E-state index contributed by atoms with van der Waals surface area (Å²) in [7, 11) is 0. The number of carbonyl (C=O) groups excluding carboxylic acids is 2. The molecule has 1 N–H and O–H groups in total. The first-order valence-electron chi connectivity index (χ1n) is 9.92. The third-order valence-corrected chi connectivity index (χ3v) is 5.21. The fraction of sp³-hybridized carbons (Fsp3) is 0.208. The molecule has 0 bridgehead atoms. The molecule has 0 radical (unpaired) electrons. The lowest BCUT2D eigenvalue weighted by Gasteiger charge is -2.27. The monoisotopic (exact) mass is 401 g/mol. The van der Waals surface area contributed by atoms with E-state index in [0.717, 1.165) is 28.8 Å². The Labute approximate surface area is 174 Å². The fourth-order valence-electron chi connectivity index (χ4n) is 3.84. The van der Waals surface area contributed by atoms with Crippen LogP contribution in [0.4, 0.5) is 5.69 Å². The number of hydrogen-bond acceptors (Lipinski definition) is 4. The maximum atomic E-state index is 13.3. The van der Waals surface area contributed by atoms with E-state index in [1.165, 1.54) is 13.0 Å². The van der Waals surface area contributed by atoms with Crippen LogP contribution in [0.5, 0.6) is 5.75 Å². The number of hydrogen-bond donors (Lipinski definition) is 1. The van der Waals surface area contributed by atoms with Crippen LogP contribution in [0.3, 0.4) is 0 Å². The molecule has 0 saturated carbocycles. The predicted molar refractivity (Wildman–Crippen MR) is 116 cm³/mol. The number of carbonyl (C=O) groups is 2. The SMILES string of the molecule is C=CC1=C(C(C)=O)C(c2ccc(OCCC)cc2)N(c2ccc3nc[nH]c3c2)C1=O. The zero-order valence-corrected chi connectivity index (χ0v) is 17.0. The molecular weight excluding hydrogens is 378 g/mol. The van der Waals surface area contributed by atoms with Crippen molar-refractivity contribution in [3.8, 4) is 5.75 Å². The predicted octanol–water partition coefficient (Wildman–Crippen LogP) is 4.51. The first kappa shape index (κ1) is 19.6. The molecular formula is C24H23N3O3. The van der Waals surface area contributed by atoms with Gasteiger partial charge in [-0.3, -0.25) is 14.5 Å².